The lowest BCUT2D eigenvalue weighted by molar-refractivity contribution is 0.0962. The number of nitrogens with one attached hydrogen (secondary N) is 1. The van der Waals surface area contributed by atoms with E-state index in [1.165, 1.54) is 29.5 Å². The number of amidine groups is 1. The Morgan fingerprint density at radius 3 is 2.47 bits per heavy atom. The number of carbonyl (C=O) groups excluding carboxylic acids is 1. The number of fused-ring (bicyclic) bond motifs is 2. The van der Waals surface area contributed by atoms with Gasteiger partial charge in [-0.2, -0.15) is 0 Å². The van der Waals surface area contributed by atoms with Crippen molar-refractivity contribution in [3.63, 3.8) is 0 Å². The molecule has 2 aromatic carbocycles. The highest BCUT2D eigenvalue weighted by molar-refractivity contribution is 7.92. The van der Waals surface area contributed by atoms with Crippen molar-refractivity contribution < 1.29 is 31.8 Å². The molecule has 0 radical (unpaired) electrons. The molecule has 9 nitrogen and oxygen atoms in total. The minimum Gasteiger partial charge on any atom is -0.493 e. The average molecular weight is 520 g/mol. The number of rotatable bonds is 6. The van der Waals surface area contributed by atoms with Crippen molar-refractivity contribution in [1.82, 2.24) is 4.90 Å². The van der Waals surface area contributed by atoms with Crippen LogP contribution in [-0.4, -0.2) is 65.1 Å². The number of methoxy groups -OCH3 is 2. The fourth-order valence-electron chi connectivity index (χ4n) is 4.59. The summed E-state index contributed by atoms with van der Waals surface area (Å²) < 4.78 is 57.5. The van der Waals surface area contributed by atoms with Crippen LogP contribution in [-0.2, 0) is 22.0 Å². The van der Waals surface area contributed by atoms with Gasteiger partial charge < -0.3 is 19.1 Å². The molecule has 2 aromatic rings. The Morgan fingerprint density at radius 2 is 1.89 bits per heavy atom. The van der Waals surface area contributed by atoms with E-state index in [9.17, 15) is 13.2 Å². The first-order chi connectivity index (χ1) is 16.8. The van der Waals surface area contributed by atoms with Crippen molar-refractivity contribution in [2.24, 2.45) is 0 Å². The third-order valence-electron chi connectivity index (χ3n) is 6.35. The number of hydrogen-bond acceptors (Lipinski definition) is 7. The number of ether oxygens (including phenoxy) is 3. The standard InChI is InChI=1S/C25H30FN3O6S/c1-25(2,3)16-9-14(10-17-22(16)35-8-7-29(17)36(6,31)32)18(30)13-28-12-15-11-19(33-4)23(34-5)21(26)20(15)24(28)27/h9-11,27H,7-8,12-13H2,1-6H3. The molecule has 0 amide bonds. The van der Waals surface area contributed by atoms with Gasteiger partial charge in [-0.3, -0.25) is 14.5 Å². The van der Waals surface area contributed by atoms with Crippen molar-refractivity contribution in [3.05, 3.63) is 46.3 Å². The van der Waals surface area contributed by atoms with E-state index >= 15 is 4.39 Å². The molecule has 36 heavy (non-hydrogen) atoms. The molecule has 0 fully saturated rings. The first-order valence-electron chi connectivity index (χ1n) is 11.4. The maximum Gasteiger partial charge on any atom is 0.232 e. The SMILES string of the molecule is COc1cc2c(c(F)c1OC)C(=N)N(CC(=O)c1cc3c(c(C(C)(C)C)c1)OCCN3S(C)(=O)=O)C2. The Morgan fingerprint density at radius 1 is 1.19 bits per heavy atom. The van der Waals surface area contributed by atoms with Crippen LogP contribution in [0.25, 0.3) is 0 Å². The molecule has 0 unspecified atom stereocenters. The summed E-state index contributed by atoms with van der Waals surface area (Å²) in [7, 11) is -0.878. The smallest absolute Gasteiger partial charge is 0.232 e. The van der Waals surface area contributed by atoms with Crippen LogP contribution in [0.1, 0.15) is 47.8 Å². The molecule has 2 heterocycles. The van der Waals surface area contributed by atoms with Crippen molar-refractivity contribution in [3.8, 4) is 17.2 Å². The van der Waals surface area contributed by atoms with E-state index in [1.807, 2.05) is 20.8 Å². The van der Waals surface area contributed by atoms with Gasteiger partial charge >= 0.3 is 0 Å². The predicted molar refractivity (Wildman–Crippen MR) is 134 cm³/mol. The van der Waals surface area contributed by atoms with Crippen molar-refractivity contribution in [2.45, 2.75) is 32.7 Å². The Labute approximate surface area is 210 Å². The lowest BCUT2D eigenvalue weighted by Gasteiger charge is -2.34. The molecule has 4 rings (SSSR count). The van der Waals surface area contributed by atoms with Gasteiger partial charge in [0.25, 0.3) is 0 Å². The third kappa shape index (κ3) is 4.36. The first-order valence-corrected chi connectivity index (χ1v) is 13.2. The summed E-state index contributed by atoms with van der Waals surface area (Å²) in [6.07, 6.45) is 1.12. The van der Waals surface area contributed by atoms with E-state index < -0.39 is 21.3 Å². The van der Waals surface area contributed by atoms with E-state index in [-0.39, 0.29) is 60.5 Å². The van der Waals surface area contributed by atoms with Crippen molar-refractivity contribution in [2.75, 3.05) is 44.5 Å². The van der Waals surface area contributed by atoms with Gasteiger partial charge in [0.1, 0.15) is 18.2 Å². The monoisotopic (exact) mass is 519 g/mol. The molecule has 0 aliphatic carbocycles. The van der Waals surface area contributed by atoms with Crippen molar-refractivity contribution >= 4 is 27.3 Å². The van der Waals surface area contributed by atoms with Crippen LogP contribution in [0, 0.1) is 11.2 Å². The predicted octanol–water partition coefficient (Wildman–Crippen LogP) is 3.32. The molecule has 194 valence electrons. The largest absolute Gasteiger partial charge is 0.493 e. The van der Waals surface area contributed by atoms with Gasteiger partial charge in [0.2, 0.25) is 10.0 Å². The molecular formula is C25H30FN3O6S. The molecule has 0 saturated carbocycles. The van der Waals surface area contributed by atoms with Gasteiger partial charge in [0.15, 0.2) is 23.1 Å². The van der Waals surface area contributed by atoms with Gasteiger partial charge in [-0.15, -0.1) is 0 Å². The molecule has 0 aromatic heterocycles. The number of benzene rings is 2. The molecule has 0 spiro atoms. The maximum atomic E-state index is 15.1. The summed E-state index contributed by atoms with van der Waals surface area (Å²) in [4.78, 5) is 14.9. The van der Waals surface area contributed by atoms with Crippen LogP contribution >= 0.6 is 0 Å². The van der Waals surface area contributed by atoms with Gasteiger partial charge in [0, 0.05) is 17.7 Å². The highest BCUT2D eigenvalue weighted by Gasteiger charge is 2.35. The summed E-state index contributed by atoms with van der Waals surface area (Å²) in [6, 6.07) is 4.84. The highest BCUT2D eigenvalue weighted by Crippen LogP contribution is 2.43. The van der Waals surface area contributed by atoms with E-state index in [4.69, 9.17) is 19.6 Å². The number of anilines is 1. The molecule has 11 heteroatoms. The molecule has 0 atom stereocenters. The van der Waals surface area contributed by atoms with E-state index in [2.05, 4.69) is 0 Å². The molecule has 0 bridgehead atoms. The second-order valence-corrected chi connectivity index (χ2v) is 11.8. The van der Waals surface area contributed by atoms with Crippen LogP contribution in [0.5, 0.6) is 17.2 Å². The lowest BCUT2D eigenvalue weighted by atomic mass is 9.84. The third-order valence-corrected chi connectivity index (χ3v) is 7.53. The second kappa shape index (κ2) is 8.95. The van der Waals surface area contributed by atoms with E-state index in [0.717, 1.165) is 6.26 Å². The average Bonchev–Trinajstić information content (AvgIpc) is 3.11. The molecule has 2 aliphatic rings. The molecule has 2 aliphatic heterocycles. The number of hydrogen-bond donors (Lipinski definition) is 1. The number of sulfonamides is 1. The van der Waals surface area contributed by atoms with Gasteiger partial charge in [-0.25, -0.2) is 12.8 Å². The first kappa shape index (κ1) is 25.7. The van der Waals surface area contributed by atoms with Gasteiger partial charge in [-0.1, -0.05) is 20.8 Å². The lowest BCUT2D eigenvalue weighted by Crippen LogP contribution is -2.38. The van der Waals surface area contributed by atoms with E-state index in [0.29, 0.717) is 22.6 Å². The van der Waals surface area contributed by atoms with Crippen LogP contribution in [0.2, 0.25) is 0 Å². The number of ketones is 1. The Hall–Kier alpha value is -3.34. The molecule has 0 saturated heterocycles. The fraction of sp³-hybridized carbons (Fsp3) is 0.440. The normalized spacial score (nSPS) is 15.4. The quantitative estimate of drug-likeness (QED) is 0.583. The summed E-state index contributed by atoms with van der Waals surface area (Å²) in [5.74, 6) is -0.624. The Kier molecular flexibility index (Phi) is 6.40. The Bertz CT molecular complexity index is 1370. The number of carbonyl (C=O) groups is 1. The summed E-state index contributed by atoms with van der Waals surface area (Å²) in [5.41, 5.74) is 1.46. The zero-order valence-corrected chi connectivity index (χ0v) is 22.0. The highest BCUT2D eigenvalue weighted by atomic mass is 32.2. The maximum absolute atomic E-state index is 15.1. The second-order valence-electron chi connectivity index (χ2n) is 9.89. The van der Waals surface area contributed by atoms with Crippen LogP contribution in [0.15, 0.2) is 18.2 Å². The van der Waals surface area contributed by atoms with E-state index in [1.54, 1.807) is 12.1 Å². The minimum absolute atomic E-state index is 0.0675. The van der Waals surface area contributed by atoms with Gasteiger partial charge in [-0.05, 0) is 29.2 Å². The van der Waals surface area contributed by atoms with Crippen molar-refractivity contribution in [1.29, 1.82) is 5.41 Å². The summed E-state index contributed by atoms with van der Waals surface area (Å²) >= 11 is 0. The molecule has 1 N–H and O–H groups in total. The summed E-state index contributed by atoms with van der Waals surface area (Å²) in [5, 5.41) is 8.52. The Balaban J connectivity index is 1.71. The minimum atomic E-state index is -3.60. The zero-order chi connectivity index (χ0) is 26.6. The van der Waals surface area contributed by atoms with Gasteiger partial charge in [0.05, 0.1) is 44.8 Å². The van der Waals surface area contributed by atoms with Crippen LogP contribution in [0.4, 0.5) is 10.1 Å². The molecular weight excluding hydrogens is 489 g/mol. The topological polar surface area (TPSA) is 109 Å². The summed E-state index contributed by atoms with van der Waals surface area (Å²) in [6.45, 7) is 6.16. The number of nitrogens with zero attached hydrogens (tertiary/aromatic N) is 2. The van der Waals surface area contributed by atoms with Crippen LogP contribution < -0.4 is 18.5 Å². The van der Waals surface area contributed by atoms with Crippen LogP contribution in [0.3, 0.4) is 0 Å². The number of Topliss-reactive ketones (excluding diaryl/α,β-unsaturated/α-hetero) is 1. The number of halogens is 1. The zero-order valence-electron chi connectivity index (χ0n) is 21.2. The fourth-order valence-corrected chi connectivity index (χ4v) is 5.49.